The summed E-state index contributed by atoms with van der Waals surface area (Å²) in [5, 5.41) is 0. The second kappa shape index (κ2) is 4.26. The molecule has 0 saturated carbocycles. The largest absolute Gasteiger partial charge is 0.294 e. The summed E-state index contributed by atoms with van der Waals surface area (Å²) in [6, 6.07) is 8.67. The van der Waals surface area contributed by atoms with E-state index in [9.17, 15) is 0 Å². The standard InChI is InChI=1S/C13H18BrN/c1-13(2,15-8-3-4-9-15)11-6-5-7-12(14)10-11/h5-7,10H,3-4,8-9H2,1-2H3. The number of hydrogen-bond acceptors (Lipinski definition) is 1. The molecular weight excluding hydrogens is 250 g/mol. The highest BCUT2D eigenvalue weighted by molar-refractivity contribution is 9.10. The predicted octanol–water partition coefficient (Wildman–Crippen LogP) is 3.78. The molecule has 0 amide bonds. The van der Waals surface area contributed by atoms with Gasteiger partial charge in [0.25, 0.3) is 0 Å². The van der Waals surface area contributed by atoms with E-state index in [-0.39, 0.29) is 5.54 Å². The normalized spacial score (nSPS) is 18.3. The Balaban J connectivity index is 2.27. The number of rotatable bonds is 2. The minimum atomic E-state index is 0.167. The highest BCUT2D eigenvalue weighted by atomic mass is 79.9. The highest BCUT2D eigenvalue weighted by Crippen LogP contribution is 2.32. The van der Waals surface area contributed by atoms with Crippen LogP contribution in [-0.4, -0.2) is 18.0 Å². The van der Waals surface area contributed by atoms with Gasteiger partial charge in [-0.3, -0.25) is 4.90 Å². The van der Waals surface area contributed by atoms with E-state index in [2.05, 4.69) is 58.9 Å². The summed E-state index contributed by atoms with van der Waals surface area (Å²) in [5.74, 6) is 0. The Morgan fingerprint density at radius 2 is 1.87 bits per heavy atom. The Hall–Kier alpha value is -0.340. The van der Waals surface area contributed by atoms with E-state index < -0.39 is 0 Å². The summed E-state index contributed by atoms with van der Waals surface area (Å²) in [7, 11) is 0. The number of benzene rings is 1. The number of hydrogen-bond donors (Lipinski definition) is 0. The molecule has 0 aliphatic carbocycles. The zero-order valence-electron chi connectivity index (χ0n) is 9.46. The molecule has 1 aromatic carbocycles. The first kappa shape index (κ1) is 11.2. The molecule has 15 heavy (non-hydrogen) atoms. The molecule has 0 bridgehead atoms. The van der Waals surface area contributed by atoms with Gasteiger partial charge in [-0.15, -0.1) is 0 Å². The van der Waals surface area contributed by atoms with Crippen molar-refractivity contribution in [3.05, 3.63) is 34.3 Å². The van der Waals surface area contributed by atoms with Gasteiger partial charge in [0.15, 0.2) is 0 Å². The molecule has 1 saturated heterocycles. The molecule has 0 atom stereocenters. The first-order chi connectivity index (χ1) is 7.10. The predicted molar refractivity (Wildman–Crippen MR) is 68.0 cm³/mol. The molecule has 0 radical (unpaired) electrons. The Morgan fingerprint density at radius 3 is 2.47 bits per heavy atom. The van der Waals surface area contributed by atoms with Gasteiger partial charge < -0.3 is 0 Å². The summed E-state index contributed by atoms with van der Waals surface area (Å²) in [4.78, 5) is 2.58. The van der Waals surface area contributed by atoms with Crippen molar-refractivity contribution in [2.75, 3.05) is 13.1 Å². The maximum Gasteiger partial charge on any atom is 0.0404 e. The van der Waals surface area contributed by atoms with Crippen LogP contribution in [0.2, 0.25) is 0 Å². The van der Waals surface area contributed by atoms with Gasteiger partial charge in [0.1, 0.15) is 0 Å². The maximum atomic E-state index is 3.54. The van der Waals surface area contributed by atoms with Gasteiger partial charge in [0.05, 0.1) is 0 Å². The lowest BCUT2D eigenvalue weighted by Crippen LogP contribution is -2.39. The summed E-state index contributed by atoms with van der Waals surface area (Å²) in [5.41, 5.74) is 1.57. The second-order valence-corrected chi connectivity index (χ2v) is 5.68. The molecule has 0 aromatic heterocycles. The van der Waals surface area contributed by atoms with Crippen LogP contribution < -0.4 is 0 Å². The molecule has 82 valence electrons. The number of likely N-dealkylation sites (tertiary alicyclic amines) is 1. The smallest absolute Gasteiger partial charge is 0.0404 e. The Bertz CT molecular complexity index is 340. The Morgan fingerprint density at radius 1 is 1.20 bits per heavy atom. The summed E-state index contributed by atoms with van der Waals surface area (Å²) >= 11 is 3.54. The molecule has 0 unspecified atom stereocenters. The van der Waals surface area contributed by atoms with Crippen molar-refractivity contribution >= 4 is 15.9 Å². The van der Waals surface area contributed by atoms with Gasteiger partial charge in [-0.1, -0.05) is 28.1 Å². The van der Waals surface area contributed by atoms with Gasteiger partial charge >= 0.3 is 0 Å². The first-order valence-electron chi connectivity index (χ1n) is 5.62. The third-order valence-corrected chi connectivity index (χ3v) is 3.92. The zero-order valence-corrected chi connectivity index (χ0v) is 11.0. The molecule has 1 aliphatic heterocycles. The third-order valence-electron chi connectivity index (χ3n) is 3.43. The van der Waals surface area contributed by atoms with Crippen molar-refractivity contribution < 1.29 is 0 Å². The molecule has 1 heterocycles. The SMILES string of the molecule is CC(C)(c1cccc(Br)c1)N1CCCC1. The van der Waals surface area contributed by atoms with E-state index in [1.165, 1.54) is 36.0 Å². The van der Waals surface area contributed by atoms with Gasteiger partial charge in [0.2, 0.25) is 0 Å². The topological polar surface area (TPSA) is 3.24 Å². The average molecular weight is 268 g/mol. The van der Waals surface area contributed by atoms with Crippen molar-refractivity contribution in [1.29, 1.82) is 0 Å². The van der Waals surface area contributed by atoms with Crippen LogP contribution in [-0.2, 0) is 5.54 Å². The van der Waals surface area contributed by atoms with Crippen LogP contribution in [0.5, 0.6) is 0 Å². The van der Waals surface area contributed by atoms with E-state index in [4.69, 9.17) is 0 Å². The van der Waals surface area contributed by atoms with Gasteiger partial charge in [-0.25, -0.2) is 0 Å². The summed E-state index contributed by atoms with van der Waals surface area (Å²) in [6.45, 7) is 7.11. The fourth-order valence-corrected chi connectivity index (χ4v) is 2.73. The third kappa shape index (κ3) is 2.26. The van der Waals surface area contributed by atoms with Crippen LogP contribution in [0.1, 0.15) is 32.3 Å². The molecule has 0 spiro atoms. The minimum Gasteiger partial charge on any atom is -0.294 e. The van der Waals surface area contributed by atoms with E-state index in [1.54, 1.807) is 0 Å². The summed E-state index contributed by atoms with van der Waals surface area (Å²) in [6.07, 6.45) is 2.69. The van der Waals surface area contributed by atoms with Crippen LogP contribution in [0.3, 0.4) is 0 Å². The minimum absolute atomic E-state index is 0.167. The van der Waals surface area contributed by atoms with E-state index in [0.717, 1.165) is 0 Å². The lowest BCUT2D eigenvalue weighted by molar-refractivity contribution is 0.155. The first-order valence-corrected chi connectivity index (χ1v) is 6.41. The monoisotopic (exact) mass is 267 g/mol. The molecular formula is C13H18BrN. The lowest BCUT2D eigenvalue weighted by atomic mass is 9.93. The molecule has 1 aromatic rings. The van der Waals surface area contributed by atoms with Crippen LogP contribution in [0.15, 0.2) is 28.7 Å². The Labute approximate surface area is 101 Å². The van der Waals surface area contributed by atoms with Gasteiger partial charge in [-0.2, -0.15) is 0 Å². The fraction of sp³-hybridized carbons (Fsp3) is 0.538. The number of halogens is 1. The molecule has 0 N–H and O–H groups in total. The van der Waals surface area contributed by atoms with Gasteiger partial charge in [0, 0.05) is 10.0 Å². The molecule has 1 nitrogen and oxygen atoms in total. The molecule has 1 aliphatic rings. The maximum absolute atomic E-state index is 3.54. The van der Waals surface area contributed by atoms with Crippen LogP contribution in [0, 0.1) is 0 Å². The molecule has 2 rings (SSSR count). The zero-order chi connectivity index (χ0) is 10.9. The summed E-state index contributed by atoms with van der Waals surface area (Å²) < 4.78 is 1.17. The van der Waals surface area contributed by atoms with Crippen LogP contribution >= 0.6 is 15.9 Å². The lowest BCUT2D eigenvalue weighted by Gasteiger charge is -2.36. The van der Waals surface area contributed by atoms with Crippen molar-refractivity contribution in [3.8, 4) is 0 Å². The van der Waals surface area contributed by atoms with E-state index in [1.807, 2.05) is 0 Å². The molecule has 2 heteroatoms. The van der Waals surface area contributed by atoms with Crippen LogP contribution in [0.4, 0.5) is 0 Å². The fourth-order valence-electron chi connectivity index (χ4n) is 2.33. The van der Waals surface area contributed by atoms with E-state index >= 15 is 0 Å². The highest BCUT2D eigenvalue weighted by Gasteiger charge is 2.30. The van der Waals surface area contributed by atoms with Crippen molar-refractivity contribution in [1.82, 2.24) is 4.90 Å². The van der Waals surface area contributed by atoms with Crippen molar-refractivity contribution in [2.24, 2.45) is 0 Å². The van der Waals surface area contributed by atoms with Crippen LogP contribution in [0.25, 0.3) is 0 Å². The quantitative estimate of drug-likeness (QED) is 0.789. The van der Waals surface area contributed by atoms with Crippen molar-refractivity contribution in [2.45, 2.75) is 32.2 Å². The van der Waals surface area contributed by atoms with Gasteiger partial charge in [-0.05, 0) is 57.5 Å². The Kier molecular flexibility index (Phi) is 3.17. The van der Waals surface area contributed by atoms with E-state index in [0.29, 0.717) is 0 Å². The van der Waals surface area contributed by atoms with Crippen molar-refractivity contribution in [3.63, 3.8) is 0 Å². The average Bonchev–Trinajstić information content (AvgIpc) is 2.71. The second-order valence-electron chi connectivity index (χ2n) is 4.76. The number of nitrogens with zero attached hydrogens (tertiary/aromatic N) is 1. The molecule has 1 fully saturated rings.